The summed E-state index contributed by atoms with van der Waals surface area (Å²) in [5.74, 6) is 5.56. The van der Waals surface area contributed by atoms with Crippen molar-refractivity contribution in [3.63, 3.8) is 0 Å². The molecule has 2 aromatic carbocycles. The summed E-state index contributed by atoms with van der Waals surface area (Å²) in [6.07, 6.45) is 0. The molecule has 0 unspecified atom stereocenters. The van der Waals surface area contributed by atoms with Crippen molar-refractivity contribution in [3.05, 3.63) is 53.8 Å². The number of nitrogens with two attached hydrogens (primary N) is 1. The van der Waals surface area contributed by atoms with Crippen molar-refractivity contribution in [3.8, 4) is 11.4 Å². The van der Waals surface area contributed by atoms with Crippen LogP contribution in [0, 0.1) is 12.7 Å². The van der Waals surface area contributed by atoms with E-state index < -0.39 is 10.0 Å². The van der Waals surface area contributed by atoms with Crippen molar-refractivity contribution in [2.45, 2.75) is 17.0 Å². The molecule has 0 aliphatic heterocycles. The third-order valence-corrected chi connectivity index (χ3v) is 7.23. The predicted octanol–water partition coefficient (Wildman–Crippen LogP) is 2.09. The molecule has 0 saturated carbocycles. The number of rotatable bonds is 7. The van der Waals surface area contributed by atoms with E-state index in [2.05, 4.69) is 15.5 Å². The Morgan fingerprint density at radius 1 is 1.19 bits per heavy atom. The topological polar surface area (TPSA) is 123 Å². The number of carbonyl (C=O) groups is 1. The molecule has 1 aromatic heterocycles. The van der Waals surface area contributed by atoms with Crippen LogP contribution in [0.25, 0.3) is 11.4 Å². The SMILES string of the molecule is Cc1ccc(NC(=O)CSc2nnc(-c3ccc(F)cc3)n2N)cc1S(=O)(=O)N(C)C. The van der Waals surface area contributed by atoms with Gasteiger partial charge in [0.25, 0.3) is 0 Å². The summed E-state index contributed by atoms with van der Waals surface area (Å²) in [7, 11) is -0.749. The highest BCUT2D eigenvalue weighted by Gasteiger charge is 2.20. The predicted molar refractivity (Wildman–Crippen MR) is 117 cm³/mol. The lowest BCUT2D eigenvalue weighted by molar-refractivity contribution is -0.113. The minimum Gasteiger partial charge on any atom is -0.335 e. The fraction of sp³-hybridized carbons (Fsp3) is 0.211. The van der Waals surface area contributed by atoms with Gasteiger partial charge in [-0.05, 0) is 48.9 Å². The number of aryl methyl sites for hydroxylation is 1. The molecule has 0 bridgehead atoms. The largest absolute Gasteiger partial charge is 0.335 e. The molecular weight excluding hydrogens is 443 g/mol. The minimum absolute atomic E-state index is 0.0254. The highest BCUT2D eigenvalue weighted by Crippen LogP contribution is 2.24. The molecule has 31 heavy (non-hydrogen) atoms. The zero-order valence-corrected chi connectivity index (χ0v) is 18.7. The van der Waals surface area contributed by atoms with Gasteiger partial charge in [0.05, 0.1) is 10.6 Å². The van der Waals surface area contributed by atoms with E-state index in [4.69, 9.17) is 5.84 Å². The van der Waals surface area contributed by atoms with Crippen LogP contribution in [0.5, 0.6) is 0 Å². The zero-order chi connectivity index (χ0) is 22.8. The molecule has 12 heteroatoms. The number of carbonyl (C=O) groups excluding carboxylic acids is 1. The van der Waals surface area contributed by atoms with E-state index >= 15 is 0 Å². The normalized spacial score (nSPS) is 11.6. The quantitative estimate of drug-likeness (QED) is 0.405. The van der Waals surface area contributed by atoms with E-state index in [0.29, 0.717) is 27.8 Å². The maximum atomic E-state index is 13.1. The van der Waals surface area contributed by atoms with Gasteiger partial charge in [0, 0.05) is 25.3 Å². The summed E-state index contributed by atoms with van der Waals surface area (Å²) >= 11 is 1.06. The number of anilines is 1. The van der Waals surface area contributed by atoms with E-state index in [-0.39, 0.29) is 22.4 Å². The number of hydrogen-bond acceptors (Lipinski definition) is 7. The highest BCUT2D eigenvalue weighted by molar-refractivity contribution is 7.99. The van der Waals surface area contributed by atoms with Crippen LogP contribution >= 0.6 is 11.8 Å². The van der Waals surface area contributed by atoms with Gasteiger partial charge in [-0.15, -0.1) is 10.2 Å². The van der Waals surface area contributed by atoms with Gasteiger partial charge in [0.15, 0.2) is 5.82 Å². The number of hydrogen-bond donors (Lipinski definition) is 2. The van der Waals surface area contributed by atoms with E-state index in [1.165, 1.54) is 49.1 Å². The molecule has 0 fully saturated rings. The van der Waals surface area contributed by atoms with E-state index in [9.17, 15) is 17.6 Å². The summed E-state index contributed by atoms with van der Waals surface area (Å²) < 4.78 is 40.3. The first kappa shape index (κ1) is 22.7. The number of aromatic nitrogens is 3. The standard InChI is InChI=1S/C19H21FN6O3S2/c1-12-4-9-15(10-16(12)31(28,29)25(2)3)22-17(27)11-30-19-24-23-18(26(19)21)13-5-7-14(20)8-6-13/h4-10H,11,21H2,1-3H3,(H,22,27). The summed E-state index contributed by atoms with van der Waals surface area (Å²) in [4.78, 5) is 12.5. The van der Waals surface area contributed by atoms with Crippen LogP contribution in [-0.4, -0.2) is 53.4 Å². The molecule has 1 amide bonds. The Bertz CT molecular complexity index is 1210. The zero-order valence-electron chi connectivity index (χ0n) is 17.0. The molecule has 0 spiro atoms. The number of sulfonamides is 1. The molecule has 9 nitrogen and oxygen atoms in total. The Morgan fingerprint density at radius 2 is 1.87 bits per heavy atom. The fourth-order valence-corrected chi connectivity index (χ4v) is 4.45. The minimum atomic E-state index is -3.64. The van der Waals surface area contributed by atoms with E-state index in [0.717, 1.165) is 16.1 Å². The number of nitrogens with zero attached hydrogens (tertiary/aromatic N) is 4. The van der Waals surface area contributed by atoms with E-state index in [1.807, 2.05) is 0 Å². The Morgan fingerprint density at radius 3 is 2.52 bits per heavy atom. The van der Waals surface area contributed by atoms with Gasteiger partial charge in [-0.1, -0.05) is 17.8 Å². The molecular formula is C19H21FN6O3S2. The molecule has 0 saturated heterocycles. The molecule has 164 valence electrons. The first-order valence-electron chi connectivity index (χ1n) is 9.02. The third kappa shape index (κ3) is 5.03. The molecule has 0 aliphatic rings. The van der Waals surface area contributed by atoms with Crippen LogP contribution in [0.2, 0.25) is 0 Å². The first-order chi connectivity index (χ1) is 14.6. The number of nitrogens with one attached hydrogen (secondary N) is 1. The second-order valence-corrected chi connectivity index (χ2v) is 9.85. The number of halogens is 1. The van der Waals surface area contributed by atoms with Crippen molar-refractivity contribution in [2.75, 3.05) is 31.0 Å². The van der Waals surface area contributed by atoms with Gasteiger partial charge in [0.1, 0.15) is 5.82 Å². The maximum Gasteiger partial charge on any atom is 0.242 e. The smallest absolute Gasteiger partial charge is 0.242 e. The van der Waals surface area contributed by atoms with Gasteiger partial charge in [-0.3, -0.25) is 4.79 Å². The van der Waals surface area contributed by atoms with Crippen LogP contribution in [-0.2, 0) is 14.8 Å². The van der Waals surface area contributed by atoms with Crippen molar-refractivity contribution < 1.29 is 17.6 Å². The highest BCUT2D eigenvalue weighted by atomic mass is 32.2. The van der Waals surface area contributed by atoms with Gasteiger partial charge in [0.2, 0.25) is 21.1 Å². The van der Waals surface area contributed by atoms with Crippen LogP contribution in [0.1, 0.15) is 5.56 Å². The Labute approximate surface area is 183 Å². The Hall–Kier alpha value is -2.96. The lowest BCUT2D eigenvalue weighted by Gasteiger charge is -2.15. The van der Waals surface area contributed by atoms with Gasteiger partial charge >= 0.3 is 0 Å². The summed E-state index contributed by atoms with van der Waals surface area (Å²) in [6, 6.07) is 10.3. The summed E-state index contributed by atoms with van der Waals surface area (Å²) in [5.41, 5.74) is 1.52. The number of amides is 1. The summed E-state index contributed by atoms with van der Waals surface area (Å²) in [6.45, 7) is 1.69. The van der Waals surface area contributed by atoms with Crippen molar-refractivity contribution in [1.82, 2.24) is 19.2 Å². The first-order valence-corrected chi connectivity index (χ1v) is 11.4. The number of nitrogen functional groups attached to an aromatic ring is 1. The Kier molecular flexibility index (Phi) is 6.62. The van der Waals surface area contributed by atoms with Crippen LogP contribution in [0.15, 0.2) is 52.5 Å². The lowest BCUT2D eigenvalue weighted by atomic mass is 10.2. The number of thioether (sulfide) groups is 1. The molecule has 0 radical (unpaired) electrons. The van der Waals surface area contributed by atoms with Crippen molar-refractivity contribution >= 4 is 33.4 Å². The fourth-order valence-electron chi connectivity index (χ4n) is 2.65. The number of benzene rings is 2. The van der Waals surface area contributed by atoms with Gasteiger partial charge in [-0.25, -0.2) is 21.8 Å². The van der Waals surface area contributed by atoms with Gasteiger partial charge < -0.3 is 11.2 Å². The Balaban J connectivity index is 1.68. The lowest BCUT2D eigenvalue weighted by Crippen LogP contribution is -2.23. The van der Waals surface area contributed by atoms with Crippen LogP contribution < -0.4 is 11.2 Å². The van der Waals surface area contributed by atoms with Crippen molar-refractivity contribution in [2.24, 2.45) is 0 Å². The third-order valence-electron chi connectivity index (χ3n) is 4.33. The van der Waals surface area contributed by atoms with Crippen LogP contribution in [0.4, 0.5) is 10.1 Å². The van der Waals surface area contributed by atoms with E-state index in [1.54, 1.807) is 19.1 Å². The monoisotopic (exact) mass is 464 g/mol. The molecule has 0 aliphatic carbocycles. The molecule has 1 heterocycles. The maximum absolute atomic E-state index is 13.1. The average molecular weight is 465 g/mol. The van der Waals surface area contributed by atoms with Crippen molar-refractivity contribution in [1.29, 1.82) is 0 Å². The molecule has 3 N–H and O–H groups in total. The molecule has 0 atom stereocenters. The average Bonchev–Trinajstić information content (AvgIpc) is 3.08. The van der Waals surface area contributed by atoms with Gasteiger partial charge in [-0.2, -0.15) is 0 Å². The second-order valence-electron chi connectivity index (χ2n) is 6.79. The molecule has 3 aromatic rings. The van der Waals surface area contributed by atoms with Crippen LogP contribution in [0.3, 0.4) is 0 Å². The summed E-state index contributed by atoms with van der Waals surface area (Å²) in [5, 5.41) is 10.9. The second kappa shape index (κ2) is 9.04. The molecule has 3 rings (SSSR count).